The van der Waals surface area contributed by atoms with Gasteiger partial charge in [-0.1, -0.05) is 29.8 Å². The zero-order valence-corrected chi connectivity index (χ0v) is 12.1. The molecule has 1 heterocycles. The van der Waals surface area contributed by atoms with E-state index in [1.165, 1.54) is 30.9 Å². The molecule has 1 aromatic rings. The summed E-state index contributed by atoms with van der Waals surface area (Å²) in [4.78, 5) is 0. The van der Waals surface area contributed by atoms with Crippen LogP contribution in [0.4, 0.5) is 0 Å². The van der Waals surface area contributed by atoms with Crippen LogP contribution in [0.1, 0.15) is 31.7 Å². The minimum atomic E-state index is 0.150. The Hall–Kier alpha value is -0.313. The number of ether oxygens (including phenoxy) is 1. The Morgan fingerprint density at radius 1 is 1.41 bits per heavy atom. The van der Waals surface area contributed by atoms with E-state index in [4.69, 9.17) is 16.3 Å². The third-order valence-electron chi connectivity index (χ3n) is 3.27. The number of aryl methyl sites for hydroxylation is 1. The van der Waals surface area contributed by atoms with Gasteiger partial charge in [0.2, 0.25) is 0 Å². The van der Waals surface area contributed by atoms with Gasteiger partial charge in [0.1, 0.15) is 0 Å². The van der Waals surface area contributed by atoms with Gasteiger partial charge >= 0.3 is 0 Å². The topological polar surface area (TPSA) is 9.23 Å². The lowest BCUT2D eigenvalue weighted by atomic mass is 10.1. The van der Waals surface area contributed by atoms with Gasteiger partial charge in [-0.15, -0.1) is 0 Å². The fourth-order valence-corrected chi connectivity index (χ4v) is 3.95. The molecule has 1 nitrogen and oxygen atoms in total. The van der Waals surface area contributed by atoms with E-state index in [2.05, 4.69) is 19.1 Å². The average molecular weight is 267 g/mol. The van der Waals surface area contributed by atoms with Crippen molar-refractivity contribution in [3.8, 4) is 0 Å². The first kappa shape index (κ1) is 13.1. The Kier molecular flexibility index (Phi) is 4.66. The second kappa shape index (κ2) is 6.03. The Morgan fingerprint density at radius 2 is 2.29 bits per heavy atom. The number of benzene rings is 1. The molecular formula is C14H19ClOSi. The normalized spacial score (nSPS) is 24.8. The molecule has 1 aromatic carbocycles. The standard InChI is InChI=1S/C14H19ClOSi/c1-14(8-2-3-9-16-14)17-10-7-12-5-4-6-13(15)11-12/h4-6,11H,2-3,7-10H2,1H3. The summed E-state index contributed by atoms with van der Waals surface area (Å²) in [6.07, 6.45) is 4.88. The summed E-state index contributed by atoms with van der Waals surface area (Å²) in [6.45, 7) is 3.21. The van der Waals surface area contributed by atoms with Crippen LogP contribution in [0.3, 0.4) is 0 Å². The SMILES string of the molecule is CC1([Si]CCc2cccc(Cl)c2)CCCCO1. The van der Waals surface area contributed by atoms with Crippen LogP contribution in [-0.2, 0) is 11.2 Å². The van der Waals surface area contributed by atoms with Crippen molar-refractivity contribution in [2.24, 2.45) is 0 Å². The van der Waals surface area contributed by atoms with Crippen molar-refractivity contribution in [2.75, 3.05) is 6.61 Å². The van der Waals surface area contributed by atoms with Crippen LogP contribution in [0.15, 0.2) is 24.3 Å². The van der Waals surface area contributed by atoms with E-state index >= 15 is 0 Å². The van der Waals surface area contributed by atoms with E-state index in [1.807, 2.05) is 12.1 Å². The summed E-state index contributed by atoms with van der Waals surface area (Å²) >= 11 is 5.98. The molecule has 3 heteroatoms. The molecule has 0 saturated carbocycles. The van der Waals surface area contributed by atoms with Gasteiger partial charge in [0.15, 0.2) is 0 Å². The van der Waals surface area contributed by atoms with Gasteiger partial charge in [-0.3, -0.25) is 0 Å². The fraction of sp³-hybridized carbons (Fsp3) is 0.571. The van der Waals surface area contributed by atoms with Crippen LogP contribution in [0.5, 0.6) is 0 Å². The molecular weight excluding hydrogens is 248 g/mol. The monoisotopic (exact) mass is 266 g/mol. The first-order valence-corrected chi connectivity index (χ1v) is 7.90. The van der Waals surface area contributed by atoms with Crippen molar-refractivity contribution in [2.45, 2.75) is 43.9 Å². The van der Waals surface area contributed by atoms with Crippen LogP contribution in [0, 0.1) is 0 Å². The van der Waals surface area contributed by atoms with Crippen LogP contribution in [0.2, 0.25) is 11.1 Å². The molecule has 0 aromatic heterocycles. The van der Waals surface area contributed by atoms with E-state index in [0.717, 1.165) is 27.6 Å². The quantitative estimate of drug-likeness (QED) is 0.751. The van der Waals surface area contributed by atoms with Crippen molar-refractivity contribution in [3.05, 3.63) is 34.9 Å². The van der Waals surface area contributed by atoms with E-state index < -0.39 is 0 Å². The maximum absolute atomic E-state index is 5.98. The minimum absolute atomic E-state index is 0.150. The largest absolute Gasteiger partial charge is 0.379 e. The highest BCUT2D eigenvalue weighted by Crippen LogP contribution is 2.24. The van der Waals surface area contributed by atoms with E-state index in [-0.39, 0.29) is 5.22 Å². The lowest BCUT2D eigenvalue weighted by Gasteiger charge is -2.33. The summed E-state index contributed by atoms with van der Waals surface area (Å²) < 4.78 is 5.91. The lowest BCUT2D eigenvalue weighted by Crippen LogP contribution is -2.39. The van der Waals surface area contributed by atoms with Gasteiger partial charge in [-0.05, 0) is 50.3 Å². The number of rotatable bonds is 4. The molecule has 0 bridgehead atoms. The van der Waals surface area contributed by atoms with Crippen LogP contribution in [-0.4, -0.2) is 21.4 Å². The first-order valence-electron chi connectivity index (χ1n) is 6.31. The number of hydrogen-bond acceptors (Lipinski definition) is 1. The molecule has 1 atom stereocenters. The predicted molar refractivity (Wildman–Crippen MR) is 73.9 cm³/mol. The summed E-state index contributed by atoms with van der Waals surface area (Å²) in [5.74, 6) is 0. The average Bonchev–Trinajstić information content (AvgIpc) is 2.30. The maximum atomic E-state index is 5.98. The molecule has 1 unspecified atom stereocenters. The van der Waals surface area contributed by atoms with Crippen LogP contribution in [0.25, 0.3) is 0 Å². The summed E-state index contributed by atoms with van der Waals surface area (Å²) in [5.41, 5.74) is 1.34. The van der Waals surface area contributed by atoms with E-state index in [0.29, 0.717) is 0 Å². The molecule has 92 valence electrons. The molecule has 0 amide bonds. The minimum Gasteiger partial charge on any atom is -0.379 e. The molecule has 1 aliphatic rings. The second-order valence-electron chi connectivity index (χ2n) is 4.84. The molecule has 0 N–H and O–H groups in total. The van der Waals surface area contributed by atoms with Crippen molar-refractivity contribution in [1.29, 1.82) is 0 Å². The lowest BCUT2D eigenvalue weighted by molar-refractivity contribution is -0.00729. The number of hydrogen-bond donors (Lipinski definition) is 0. The second-order valence-corrected chi connectivity index (χ2v) is 7.19. The van der Waals surface area contributed by atoms with E-state index in [1.54, 1.807) is 0 Å². The molecule has 2 rings (SSSR count). The Bertz CT molecular complexity index is 361. The molecule has 0 aliphatic carbocycles. The van der Waals surface area contributed by atoms with Gasteiger partial charge < -0.3 is 4.74 Å². The van der Waals surface area contributed by atoms with Crippen molar-refractivity contribution >= 4 is 21.1 Å². The Labute approximate surface area is 111 Å². The van der Waals surface area contributed by atoms with Gasteiger partial charge in [0.25, 0.3) is 0 Å². The van der Waals surface area contributed by atoms with Crippen LogP contribution >= 0.6 is 11.6 Å². The highest BCUT2D eigenvalue weighted by molar-refractivity contribution is 6.39. The summed E-state index contributed by atoms with van der Waals surface area (Å²) in [6, 6.07) is 9.38. The van der Waals surface area contributed by atoms with Crippen molar-refractivity contribution < 1.29 is 4.74 Å². The predicted octanol–water partition coefficient (Wildman–Crippen LogP) is 3.92. The zero-order valence-electron chi connectivity index (χ0n) is 10.3. The van der Waals surface area contributed by atoms with E-state index in [9.17, 15) is 0 Å². The van der Waals surface area contributed by atoms with Gasteiger partial charge in [0, 0.05) is 11.6 Å². The van der Waals surface area contributed by atoms with Crippen LogP contribution < -0.4 is 0 Å². The third-order valence-corrected chi connectivity index (χ3v) is 5.15. The third kappa shape index (κ3) is 4.13. The Morgan fingerprint density at radius 3 is 3.00 bits per heavy atom. The first-order chi connectivity index (χ1) is 8.18. The summed E-state index contributed by atoms with van der Waals surface area (Å²) in [7, 11) is 0.891. The highest BCUT2D eigenvalue weighted by atomic mass is 35.5. The van der Waals surface area contributed by atoms with Gasteiger partial charge in [-0.2, -0.15) is 0 Å². The molecule has 1 aliphatic heterocycles. The smallest absolute Gasteiger partial charge is 0.0822 e. The molecule has 17 heavy (non-hydrogen) atoms. The molecule has 2 radical (unpaired) electrons. The maximum Gasteiger partial charge on any atom is 0.0822 e. The van der Waals surface area contributed by atoms with Crippen molar-refractivity contribution in [1.82, 2.24) is 0 Å². The van der Waals surface area contributed by atoms with Gasteiger partial charge in [0.05, 0.1) is 14.7 Å². The number of halogens is 1. The summed E-state index contributed by atoms with van der Waals surface area (Å²) in [5, 5.41) is 0.988. The zero-order chi connectivity index (χ0) is 12.1. The molecule has 1 fully saturated rings. The molecule has 1 saturated heterocycles. The molecule has 0 spiro atoms. The van der Waals surface area contributed by atoms with Gasteiger partial charge in [-0.25, -0.2) is 0 Å². The van der Waals surface area contributed by atoms with Crippen molar-refractivity contribution in [3.63, 3.8) is 0 Å². The fourth-order valence-electron chi connectivity index (χ4n) is 2.24. The Balaban J connectivity index is 1.79. The highest BCUT2D eigenvalue weighted by Gasteiger charge is 2.27.